The molecule has 0 aromatic carbocycles. The lowest BCUT2D eigenvalue weighted by atomic mass is 10.1. The lowest BCUT2D eigenvalue weighted by Crippen LogP contribution is -2.39. The Morgan fingerprint density at radius 1 is 1.46 bits per heavy atom. The van der Waals surface area contributed by atoms with Gasteiger partial charge in [0.2, 0.25) is 0 Å². The van der Waals surface area contributed by atoms with Gasteiger partial charge in [-0.3, -0.25) is 11.3 Å². The van der Waals surface area contributed by atoms with Gasteiger partial charge in [0.1, 0.15) is 0 Å². The van der Waals surface area contributed by atoms with Crippen LogP contribution in [0, 0.1) is 5.92 Å². The van der Waals surface area contributed by atoms with Gasteiger partial charge in [-0.15, -0.1) is 0 Å². The lowest BCUT2D eigenvalue weighted by Gasteiger charge is -2.15. The van der Waals surface area contributed by atoms with E-state index in [9.17, 15) is 0 Å². The average Bonchev–Trinajstić information content (AvgIpc) is 2.94. The zero-order chi connectivity index (χ0) is 9.52. The van der Waals surface area contributed by atoms with Crippen molar-refractivity contribution in [2.24, 2.45) is 11.8 Å². The first-order valence-corrected chi connectivity index (χ1v) is 4.89. The van der Waals surface area contributed by atoms with Crippen LogP contribution in [0.2, 0.25) is 0 Å². The molecule has 0 heterocycles. The molecule has 0 aliphatic heterocycles. The summed E-state index contributed by atoms with van der Waals surface area (Å²) in [5, 5.41) is 0. The second kappa shape index (κ2) is 6.32. The highest BCUT2D eigenvalue weighted by Gasteiger charge is 2.24. The summed E-state index contributed by atoms with van der Waals surface area (Å²) in [6, 6.07) is 0.310. The van der Waals surface area contributed by atoms with Crippen LogP contribution in [-0.4, -0.2) is 33.0 Å². The van der Waals surface area contributed by atoms with Gasteiger partial charge < -0.3 is 9.47 Å². The second-order valence-electron chi connectivity index (χ2n) is 3.61. The Bertz CT molecular complexity index is 129. The Kier molecular flexibility index (Phi) is 5.31. The van der Waals surface area contributed by atoms with Crippen LogP contribution in [0.4, 0.5) is 0 Å². The molecule has 1 aliphatic rings. The van der Waals surface area contributed by atoms with Crippen LogP contribution in [0.25, 0.3) is 0 Å². The highest BCUT2D eigenvalue weighted by Crippen LogP contribution is 2.33. The van der Waals surface area contributed by atoms with Gasteiger partial charge >= 0.3 is 0 Å². The highest BCUT2D eigenvalue weighted by atomic mass is 16.5. The van der Waals surface area contributed by atoms with Crippen molar-refractivity contribution in [3.05, 3.63) is 0 Å². The van der Waals surface area contributed by atoms with Gasteiger partial charge in [-0.25, -0.2) is 0 Å². The smallest absolute Gasteiger partial charge is 0.0701 e. The molecule has 0 bridgehead atoms. The van der Waals surface area contributed by atoms with Crippen molar-refractivity contribution in [1.82, 2.24) is 5.43 Å². The summed E-state index contributed by atoms with van der Waals surface area (Å²) in [5.41, 5.74) is 2.78. The third-order valence-electron chi connectivity index (χ3n) is 2.30. The quantitative estimate of drug-likeness (QED) is 0.326. The summed E-state index contributed by atoms with van der Waals surface area (Å²) >= 11 is 0. The first kappa shape index (κ1) is 10.9. The molecule has 1 aliphatic carbocycles. The van der Waals surface area contributed by atoms with E-state index in [1.807, 2.05) is 0 Å². The number of ether oxygens (including phenoxy) is 2. The Morgan fingerprint density at radius 3 is 2.77 bits per heavy atom. The zero-order valence-electron chi connectivity index (χ0n) is 8.29. The van der Waals surface area contributed by atoms with Crippen LogP contribution >= 0.6 is 0 Å². The first-order valence-electron chi connectivity index (χ1n) is 4.89. The van der Waals surface area contributed by atoms with Crippen LogP contribution in [-0.2, 0) is 9.47 Å². The van der Waals surface area contributed by atoms with Gasteiger partial charge in [0.15, 0.2) is 0 Å². The molecule has 1 unspecified atom stereocenters. The number of rotatable bonds is 8. The van der Waals surface area contributed by atoms with Gasteiger partial charge in [0, 0.05) is 13.2 Å². The van der Waals surface area contributed by atoms with Crippen molar-refractivity contribution in [3.63, 3.8) is 0 Å². The maximum absolute atomic E-state index is 5.40. The minimum absolute atomic E-state index is 0.310. The lowest BCUT2D eigenvalue weighted by molar-refractivity contribution is 0.0567. The molecule has 0 spiro atoms. The van der Waals surface area contributed by atoms with Gasteiger partial charge in [-0.2, -0.15) is 0 Å². The molecule has 1 rings (SSSR count). The monoisotopic (exact) mass is 188 g/mol. The third kappa shape index (κ3) is 5.21. The molecular weight excluding hydrogens is 168 g/mol. The second-order valence-corrected chi connectivity index (χ2v) is 3.61. The maximum atomic E-state index is 5.40. The molecule has 0 amide bonds. The largest absolute Gasteiger partial charge is 0.382 e. The van der Waals surface area contributed by atoms with Gasteiger partial charge in [0.25, 0.3) is 0 Å². The number of nitrogens with one attached hydrogen (secondary N) is 1. The van der Waals surface area contributed by atoms with E-state index in [-0.39, 0.29) is 0 Å². The van der Waals surface area contributed by atoms with Crippen molar-refractivity contribution in [3.8, 4) is 0 Å². The number of hydrogen-bond acceptors (Lipinski definition) is 4. The number of nitrogens with two attached hydrogens (primary N) is 1. The average molecular weight is 188 g/mol. The molecule has 78 valence electrons. The van der Waals surface area contributed by atoms with Crippen molar-refractivity contribution in [2.75, 3.05) is 26.9 Å². The molecule has 13 heavy (non-hydrogen) atoms. The molecule has 1 saturated carbocycles. The van der Waals surface area contributed by atoms with E-state index in [1.54, 1.807) is 7.11 Å². The predicted octanol–water partition coefficient (Wildman–Crippen LogP) is 0.281. The topological polar surface area (TPSA) is 56.5 Å². The Labute approximate surface area is 79.7 Å². The van der Waals surface area contributed by atoms with Gasteiger partial charge in [-0.1, -0.05) is 12.8 Å². The van der Waals surface area contributed by atoms with Crippen LogP contribution in [0.15, 0.2) is 0 Å². The molecule has 0 aromatic rings. The van der Waals surface area contributed by atoms with Crippen LogP contribution in [0.1, 0.15) is 19.3 Å². The van der Waals surface area contributed by atoms with Crippen molar-refractivity contribution in [1.29, 1.82) is 0 Å². The predicted molar refractivity (Wildman–Crippen MR) is 51.1 cm³/mol. The molecule has 3 N–H and O–H groups in total. The van der Waals surface area contributed by atoms with Crippen molar-refractivity contribution in [2.45, 2.75) is 25.3 Å². The maximum Gasteiger partial charge on any atom is 0.0701 e. The number of hydrazine groups is 1. The minimum Gasteiger partial charge on any atom is -0.382 e. The zero-order valence-corrected chi connectivity index (χ0v) is 8.29. The Balaban J connectivity index is 1.94. The van der Waals surface area contributed by atoms with E-state index in [0.717, 1.165) is 12.3 Å². The van der Waals surface area contributed by atoms with E-state index in [4.69, 9.17) is 15.3 Å². The normalized spacial score (nSPS) is 18.9. The number of hydrogen-bond donors (Lipinski definition) is 2. The van der Waals surface area contributed by atoms with Crippen LogP contribution in [0.5, 0.6) is 0 Å². The van der Waals surface area contributed by atoms with Crippen LogP contribution < -0.4 is 11.3 Å². The highest BCUT2D eigenvalue weighted by molar-refractivity contribution is 4.78. The van der Waals surface area contributed by atoms with E-state index < -0.39 is 0 Å². The fourth-order valence-electron chi connectivity index (χ4n) is 1.31. The standard InChI is InChI=1S/C9H20N2O2/c1-12-4-5-13-7-9(11-10)6-8-2-3-8/h8-9,11H,2-7,10H2,1H3. The van der Waals surface area contributed by atoms with E-state index in [0.29, 0.717) is 25.9 Å². The third-order valence-corrected chi connectivity index (χ3v) is 2.30. The summed E-state index contributed by atoms with van der Waals surface area (Å²) in [6.45, 7) is 2.00. The molecular formula is C9H20N2O2. The summed E-state index contributed by atoms with van der Waals surface area (Å²) in [6.07, 6.45) is 3.86. The Hall–Kier alpha value is -0.160. The summed E-state index contributed by atoms with van der Waals surface area (Å²) in [5.74, 6) is 6.28. The molecule has 4 heteroatoms. The van der Waals surface area contributed by atoms with E-state index in [2.05, 4.69) is 5.43 Å². The summed E-state index contributed by atoms with van der Waals surface area (Å²) in [7, 11) is 1.67. The summed E-state index contributed by atoms with van der Waals surface area (Å²) in [4.78, 5) is 0. The van der Waals surface area contributed by atoms with Gasteiger partial charge in [-0.05, 0) is 12.3 Å². The molecule has 0 radical (unpaired) electrons. The van der Waals surface area contributed by atoms with E-state index >= 15 is 0 Å². The molecule has 0 saturated heterocycles. The SMILES string of the molecule is COCCOCC(CC1CC1)NN. The van der Waals surface area contributed by atoms with Gasteiger partial charge in [0.05, 0.1) is 19.8 Å². The van der Waals surface area contributed by atoms with Crippen molar-refractivity contribution >= 4 is 0 Å². The molecule has 1 atom stereocenters. The fourth-order valence-corrected chi connectivity index (χ4v) is 1.31. The van der Waals surface area contributed by atoms with Crippen LogP contribution in [0.3, 0.4) is 0 Å². The Morgan fingerprint density at radius 2 is 2.23 bits per heavy atom. The van der Waals surface area contributed by atoms with Crippen molar-refractivity contribution < 1.29 is 9.47 Å². The first-order chi connectivity index (χ1) is 6.36. The molecule has 4 nitrogen and oxygen atoms in total. The fraction of sp³-hybridized carbons (Fsp3) is 1.00. The molecule has 0 aromatic heterocycles. The minimum atomic E-state index is 0.310. The molecule has 1 fully saturated rings. The number of methoxy groups -OCH3 is 1. The summed E-state index contributed by atoms with van der Waals surface area (Å²) < 4.78 is 10.3. The van der Waals surface area contributed by atoms with E-state index in [1.165, 1.54) is 12.8 Å².